The SMILES string of the molecule is CCN(C(=O)c1ccc(NCC(=O)Nc2cccc(C(=O)N3CCCCCC3)c2)cc1)c1ccccc1. The van der Waals surface area contributed by atoms with Crippen molar-refractivity contribution in [2.24, 2.45) is 0 Å². The Morgan fingerprint density at radius 1 is 0.784 bits per heavy atom. The highest BCUT2D eigenvalue weighted by atomic mass is 16.2. The highest BCUT2D eigenvalue weighted by Crippen LogP contribution is 2.19. The summed E-state index contributed by atoms with van der Waals surface area (Å²) < 4.78 is 0. The van der Waals surface area contributed by atoms with Gasteiger partial charge in [-0.25, -0.2) is 0 Å². The molecule has 0 atom stereocenters. The fraction of sp³-hybridized carbons (Fsp3) is 0.300. The Morgan fingerprint density at radius 3 is 2.16 bits per heavy atom. The Labute approximate surface area is 218 Å². The first-order chi connectivity index (χ1) is 18.0. The molecule has 192 valence electrons. The number of nitrogens with one attached hydrogen (secondary N) is 2. The molecule has 0 radical (unpaired) electrons. The molecule has 4 rings (SSSR count). The van der Waals surface area contributed by atoms with Crippen molar-refractivity contribution in [3.63, 3.8) is 0 Å². The highest BCUT2D eigenvalue weighted by molar-refractivity contribution is 6.06. The third-order valence-corrected chi connectivity index (χ3v) is 6.50. The van der Waals surface area contributed by atoms with Gasteiger partial charge in [-0.2, -0.15) is 0 Å². The lowest BCUT2D eigenvalue weighted by atomic mass is 10.1. The van der Waals surface area contributed by atoms with Crippen LogP contribution in [0.3, 0.4) is 0 Å². The number of hydrogen-bond donors (Lipinski definition) is 2. The molecule has 7 nitrogen and oxygen atoms in total. The first kappa shape index (κ1) is 25.9. The van der Waals surface area contributed by atoms with Crippen molar-refractivity contribution in [3.05, 3.63) is 90.0 Å². The zero-order valence-corrected chi connectivity index (χ0v) is 21.3. The molecule has 0 aromatic heterocycles. The first-order valence-electron chi connectivity index (χ1n) is 12.9. The molecule has 2 N–H and O–H groups in total. The average molecular weight is 499 g/mol. The van der Waals surface area contributed by atoms with Gasteiger partial charge in [-0.3, -0.25) is 14.4 Å². The predicted molar refractivity (Wildman–Crippen MR) is 148 cm³/mol. The summed E-state index contributed by atoms with van der Waals surface area (Å²) in [5, 5.41) is 5.95. The van der Waals surface area contributed by atoms with E-state index in [1.54, 1.807) is 53.4 Å². The first-order valence-corrected chi connectivity index (χ1v) is 12.9. The van der Waals surface area contributed by atoms with Crippen molar-refractivity contribution in [1.82, 2.24) is 4.90 Å². The molecule has 0 bridgehead atoms. The second-order valence-corrected chi connectivity index (χ2v) is 9.15. The zero-order valence-electron chi connectivity index (χ0n) is 21.3. The van der Waals surface area contributed by atoms with E-state index in [-0.39, 0.29) is 24.3 Å². The fourth-order valence-corrected chi connectivity index (χ4v) is 4.51. The van der Waals surface area contributed by atoms with Crippen LogP contribution in [0.4, 0.5) is 17.1 Å². The van der Waals surface area contributed by atoms with Gasteiger partial charge in [-0.15, -0.1) is 0 Å². The second kappa shape index (κ2) is 12.7. The molecular weight excluding hydrogens is 464 g/mol. The van der Waals surface area contributed by atoms with Crippen LogP contribution in [0.1, 0.15) is 53.3 Å². The molecule has 3 aromatic rings. The van der Waals surface area contributed by atoms with Crippen LogP contribution in [0.25, 0.3) is 0 Å². The third kappa shape index (κ3) is 6.97. The molecule has 1 aliphatic rings. The molecule has 37 heavy (non-hydrogen) atoms. The maximum Gasteiger partial charge on any atom is 0.258 e. The molecular formula is C30H34N4O3. The normalized spacial score (nSPS) is 13.4. The third-order valence-electron chi connectivity index (χ3n) is 6.50. The van der Waals surface area contributed by atoms with Crippen LogP contribution in [0, 0.1) is 0 Å². The van der Waals surface area contributed by atoms with E-state index in [0.717, 1.165) is 50.1 Å². The van der Waals surface area contributed by atoms with E-state index in [4.69, 9.17) is 0 Å². The maximum absolute atomic E-state index is 13.0. The standard InChI is InChI=1S/C30H34N4O3/c1-2-34(27-13-6-5-7-14-27)30(37)23-15-17-25(18-16-23)31-22-28(35)32-26-12-10-11-24(21-26)29(36)33-19-8-3-4-9-20-33/h5-7,10-18,21,31H,2-4,8-9,19-20,22H2,1H3,(H,32,35). The minimum absolute atomic E-state index is 0.0136. The van der Waals surface area contributed by atoms with Crippen LogP contribution in [0.2, 0.25) is 0 Å². The largest absolute Gasteiger partial charge is 0.376 e. The number of anilines is 3. The van der Waals surface area contributed by atoms with Crippen molar-refractivity contribution in [2.75, 3.05) is 41.7 Å². The Bertz CT molecular complexity index is 1200. The molecule has 0 spiro atoms. The number of nitrogens with zero attached hydrogens (tertiary/aromatic N) is 2. The van der Waals surface area contributed by atoms with E-state index < -0.39 is 0 Å². The Balaban J connectivity index is 1.31. The van der Waals surface area contributed by atoms with Crippen LogP contribution in [-0.4, -0.2) is 48.8 Å². The summed E-state index contributed by atoms with van der Waals surface area (Å²) in [6.07, 6.45) is 4.40. The zero-order chi connectivity index (χ0) is 26.0. The van der Waals surface area contributed by atoms with Crippen LogP contribution >= 0.6 is 0 Å². The van der Waals surface area contributed by atoms with Gasteiger partial charge in [0.05, 0.1) is 6.54 Å². The Hall–Kier alpha value is -4.13. The van der Waals surface area contributed by atoms with Gasteiger partial charge in [0, 0.05) is 47.8 Å². The average Bonchev–Trinajstić information content (AvgIpc) is 3.23. The topological polar surface area (TPSA) is 81.8 Å². The number of para-hydroxylation sites is 1. The molecule has 1 fully saturated rings. The van der Waals surface area contributed by atoms with Gasteiger partial charge in [0.15, 0.2) is 0 Å². The molecule has 1 heterocycles. The summed E-state index contributed by atoms with van der Waals surface area (Å²) in [6.45, 7) is 4.13. The molecule has 1 aliphatic heterocycles. The number of benzene rings is 3. The van der Waals surface area contributed by atoms with Gasteiger partial charge >= 0.3 is 0 Å². The molecule has 0 saturated carbocycles. The second-order valence-electron chi connectivity index (χ2n) is 9.15. The minimum atomic E-state index is -0.222. The van der Waals surface area contributed by atoms with Gasteiger partial charge in [0.1, 0.15) is 0 Å². The Morgan fingerprint density at radius 2 is 1.49 bits per heavy atom. The lowest BCUT2D eigenvalue weighted by Gasteiger charge is -2.21. The number of hydrogen-bond acceptors (Lipinski definition) is 4. The molecule has 1 saturated heterocycles. The van der Waals surface area contributed by atoms with Crippen molar-refractivity contribution in [2.45, 2.75) is 32.6 Å². The predicted octanol–water partition coefficient (Wildman–Crippen LogP) is 5.42. The number of amides is 3. The van der Waals surface area contributed by atoms with Crippen molar-refractivity contribution in [1.29, 1.82) is 0 Å². The van der Waals surface area contributed by atoms with E-state index in [0.29, 0.717) is 23.4 Å². The summed E-state index contributed by atoms with van der Waals surface area (Å²) in [5.41, 5.74) is 3.34. The molecule has 0 unspecified atom stereocenters. The summed E-state index contributed by atoms with van der Waals surface area (Å²) in [6, 6.07) is 23.8. The van der Waals surface area contributed by atoms with Crippen molar-refractivity contribution < 1.29 is 14.4 Å². The highest BCUT2D eigenvalue weighted by Gasteiger charge is 2.18. The van der Waals surface area contributed by atoms with E-state index in [1.165, 1.54) is 0 Å². The van der Waals surface area contributed by atoms with Gasteiger partial charge < -0.3 is 20.4 Å². The van der Waals surface area contributed by atoms with Crippen LogP contribution < -0.4 is 15.5 Å². The van der Waals surface area contributed by atoms with Crippen LogP contribution in [0.15, 0.2) is 78.9 Å². The molecule has 3 amide bonds. The summed E-state index contributed by atoms with van der Waals surface area (Å²) in [7, 11) is 0. The van der Waals surface area contributed by atoms with Gasteiger partial charge in [0.2, 0.25) is 5.91 Å². The number of carbonyl (C=O) groups excluding carboxylic acids is 3. The van der Waals surface area contributed by atoms with Crippen molar-refractivity contribution in [3.8, 4) is 0 Å². The molecule has 7 heteroatoms. The van der Waals surface area contributed by atoms with Gasteiger partial charge in [-0.05, 0) is 74.4 Å². The maximum atomic E-state index is 13.0. The van der Waals surface area contributed by atoms with Crippen LogP contribution in [-0.2, 0) is 4.79 Å². The molecule has 3 aromatic carbocycles. The van der Waals surface area contributed by atoms with Gasteiger partial charge in [0.25, 0.3) is 11.8 Å². The van der Waals surface area contributed by atoms with Crippen LogP contribution in [0.5, 0.6) is 0 Å². The smallest absolute Gasteiger partial charge is 0.258 e. The van der Waals surface area contributed by atoms with Crippen molar-refractivity contribution >= 4 is 34.8 Å². The molecule has 0 aliphatic carbocycles. The number of carbonyl (C=O) groups is 3. The van der Waals surface area contributed by atoms with E-state index in [1.807, 2.05) is 42.2 Å². The van der Waals surface area contributed by atoms with Gasteiger partial charge in [-0.1, -0.05) is 37.1 Å². The monoisotopic (exact) mass is 498 g/mol. The Kier molecular flexibility index (Phi) is 8.92. The summed E-state index contributed by atoms with van der Waals surface area (Å²) in [4.78, 5) is 42.0. The number of rotatable bonds is 8. The lowest BCUT2D eigenvalue weighted by molar-refractivity contribution is -0.114. The number of likely N-dealkylation sites (tertiary alicyclic amines) is 1. The summed E-state index contributed by atoms with van der Waals surface area (Å²) in [5.74, 6) is -0.284. The quantitative estimate of drug-likeness (QED) is 0.435. The minimum Gasteiger partial charge on any atom is -0.376 e. The summed E-state index contributed by atoms with van der Waals surface area (Å²) >= 11 is 0. The fourth-order valence-electron chi connectivity index (χ4n) is 4.51. The van der Waals surface area contributed by atoms with E-state index >= 15 is 0 Å². The van der Waals surface area contributed by atoms with E-state index in [9.17, 15) is 14.4 Å². The van der Waals surface area contributed by atoms with E-state index in [2.05, 4.69) is 10.6 Å². The lowest BCUT2D eigenvalue weighted by Crippen LogP contribution is -2.31.